The van der Waals surface area contributed by atoms with Gasteiger partial charge in [-0.2, -0.15) is 0 Å². The summed E-state index contributed by atoms with van der Waals surface area (Å²) in [6, 6.07) is 7.41. The van der Waals surface area contributed by atoms with Crippen LogP contribution in [0.3, 0.4) is 0 Å². The van der Waals surface area contributed by atoms with Crippen LogP contribution in [0.5, 0.6) is 0 Å². The Kier molecular flexibility index (Phi) is 6.26. The lowest BCUT2D eigenvalue weighted by atomic mass is 9.49. The molecule has 1 N–H and O–H groups in total. The maximum absolute atomic E-state index is 12.5. The maximum atomic E-state index is 12.5. The third kappa shape index (κ3) is 4.93. The molecule has 0 saturated heterocycles. The Morgan fingerprint density at radius 3 is 2.17 bits per heavy atom. The number of hydrogen-bond acceptors (Lipinski definition) is 4. The summed E-state index contributed by atoms with van der Waals surface area (Å²) < 4.78 is 5.08. The lowest BCUT2D eigenvalue weighted by Gasteiger charge is -2.56. The van der Waals surface area contributed by atoms with Gasteiger partial charge in [0.1, 0.15) is 6.54 Å². The van der Waals surface area contributed by atoms with Gasteiger partial charge in [-0.25, -0.2) is 0 Å². The number of ether oxygens (including phenoxy) is 1. The van der Waals surface area contributed by atoms with Crippen molar-refractivity contribution in [2.75, 3.05) is 13.2 Å². The molecule has 1 aromatic carbocycles. The van der Waals surface area contributed by atoms with Crippen molar-refractivity contribution in [2.45, 2.75) is 64.7 Å². The second kappa shape index (κ2) is 8.91. The van der Waals surface area contributed by atoms with Gasteiger partial charge in [0.25, 0.3) is 0 Å². The van der Waals surface area contributed by atoms with Crippen LogP contribution in [0.25, 0.3) is 0 Å². The third-order valence-corrected chi connectivity index (χ3v) is 7.31. The number of hydrogen-bond donors (Lipinski definition) is 1. The number of nitrogens with one attached hydrogen (secondary N) is 1. The van der Waals surface area contributed by atoms with E-state index in [4.69, 9.17) is 4.74 Å². The van der Waals surface area contributed by atoms with Crippen LogP contribution in [0.2, 0.25) is 0 Å². The predicted molar refractivity (Wildman–Crippen MR) is 114 cm³/mol. The first-order chi connectivity index (χ1) is 14.4. The van der Waals surface area contributed by atoms with E-state index >= 15 is 0 Å². The van der Waals surface area contributed by atoms with Crippen molar-refractivity contribution in [3.8, 4) is 0 Å². The maximum Gasteiger partial charge on any atom is 0.325 e. The van der Waals surface area contributed by atoms with E-state index in [9.17, 15) is 14.4 Å². The first-order valence-electron chi connectivity index (χ1n) is 11.5. The number of aryl methyl sites for hydroxylation is 1. The first kappa shape index (κ1) is 21.1. The highest BCUT2D eigenvalue weighted by Crippen LogP contribution is 2.61. The highest BCUT2D eigenvalue weighted by Gasteiger charge is 2.51. The van der Waals surface area contributed by atoms with E-state index in [-0.39, 0.29) is 30.3 Å². The monoisotopic (exact) mass is 411 g/mol. The van der Waals surface area contributed by atoms with Gasteiger partial charge in [0.05, 0.1) is 0 Å². The van der Waals surface area contributed by atoms with Crippen LogP contribution in [0.15, 0.2) is 24.3 Å². The topological polar surface area (TPSA) is 72.5 Å². The minimum Gasteiger partial charge on any atom is -0.456 e. The molecule has 1 amide bonds. The Hall–Kier alpha value is -2.17. The van der Waals surface area contributed by atoms with E-state index in [1.54, 1.807) is 12.1 Å². The van der Waals surface area contributed by atoms with Crippen LogP contribution in [-0.4, -0.2) is 30.8 Å². The van der Waals surface area contributed by atoms with Crippen LogP contribution in [0, 0.1) is 23.2 Å². The molecular formula is C25H33NO4. The highest BCUT2D eigenvalue weighted by molar-refractivity contribution is 5.98. The van der Waals surface area contributed by atoms with Crippen LogP contribution < -0.4 is 5.32 Å². The minimum absolute atomic E-state index is 0.0632. The average Bonchev–Trinajstić information content (AvgIpc) is 2.70. The molecule has 1 aromatic rings. The van der Waals surface area contributed by atoms with E-state index in [1.807, 2.05) is 12.1 Å². The van der Waals surface area contributed by atoms with Gasteiger partial charge in [0.15, 0.2) is 12.4 Å². The zero-order valence-electron chi connectivity index (χ0n) is 18.0. The molecule has 0 heterocycles. The van der Waals surface area contributed by atoms with Crippen molar-refractivity contribution in [3.63, 3.8) is 0 Å². The molecule has 30 heavy (non-hydrogen) atoms. The summed E-state index contributed by atoms with van der Waals surface area (Å²) in [5.41, 5.74) is 1.88. The molecule has 0 spiro atoms. The molecule has 4 aliphatic rings. The van der Waals surface area contributed by atoms with Crippen molar-refractivity contribution in [1.82, 2.24) is 5.32 Å². The highest BCUT2D eigenvalue weighted by atomic mass is 16.5. The Morgan fingerprint density at radius 2 is 1.60 bits per heavy atom. The standard InChI is InChI=1S/C25H33NO4/c1-2-3-17-4-6-21(7-5-17)22(27)16-30-24(29)15-26-23(28)14-25-11-18-8-19(12-25)10-20(9-18)13-25/h4-7,18-20H,2-3,8-16H2,1H3,(H,26,28). The quantitative estimate of drug-likeness (QED) is 0.491. The fourth-order valence-corrected chi connectivity index (χ4v) is 6.51. The van der Waals surface area contributed by atoms with Crippen LogP contribution in [0.4, 0.5) is 0 Å². The zero-order valence-corrected chi connectivity index (χ0v) is 18.0. The normalized spacial score (nSPS) is 28.9. The largest absolute Gasteiger partial charge is 0.456 e. The van der Waals surface area contributed by atoms with Gasteiger partial charge in [-0.1, -0.05) is 37.6 Å². The molecule has 5 nitrogen and oxygen atoms in total. The number of carbonyl (C=O) groups is 3. The number of Topliss-reactive ketones (excluding diaryl/α,β-unsaturated/α-hetero) is 1. The zero-order chi connectivity index (χ0) is 21.1. The summed E-state index contributed by atoms with van der Waals surface area (Å²) in [5.74, 6) is 1.55. The minimum atomic E-state index is -0.565. The molecule has 0 radical (unpaired) electrons. The number of esters is 1. The Labute approximate surface area is 178 Å². The summed E-state index contributed by atoms with van der Waals surface area (Å²) in [7, 11) is 0. The van der Waals surface area contributed by atoms with Crippen molar-refractivity contribution in [3.05, 3.63) is 35.4 Å². The fraction of sp³-hybridized carbons (Fsp3) is 0.640. The fourth-order valence-electron chi connectivity index (χ4n) is 6.51. The van der Waals surface area contributed by atoms with E-state index < -0.39 is 5.97 Å². The predicted octanol–water partition coefficient (Wildman–Crippen LogP) is 4.09. The molecule has 0 unspecified atom stereocenters. The Morgan fingerprint density at radius 1 is 1.00 bits per heavy atom. The van der Waals surface area contributed by atoms with Crippen LogP contribution in [-0.2, 0) is 20.7 Å². The number of benzene rings is 1. The van der Waals surface area contributed by atoms with Gasteiger partial charge in [-0.05, 0) is 73.7 Å². The third-order valence-electron chi connectivity index (χ3n) is 7.31. The lowest BCUT2D eigenvalue weighted by Crippen LogP contribution is -2.48. The molecule has 4 fully saturated rings. The number of carbonyl (C=O) groups excluding carboxylic acids is 3. The van der Waals surface area contributed by atoms with Crippen molar-refractivity contribution in [2.24, 2.45) is 23.2 Å². The van der Waals surface area contributed by atoms with Gasteiger partial charge < -0.3 is 10.1 Å². The summed E-state index contributed by atoms with van der Waals surface area (Å²) >= 11 is 0. The van der Waals surface area contributed by atoms with Gasteiger partial charge in [0, 0.05) is 12.0 Å². The Bertz CT molecular complexity index is 763. The van der Waals surface area contributed by atoms with Crippen molar-refractivity contribution in [1.29, 1.82) is 0 Å². The molecular weight excluding hydrogens is 378 g/mol. The number of rotatable bonds is 9. The van der Waals surface area contributed by atoms with E-state index in [0.717, 1.165) is 30.6 Å². The molecule has 0 aliphatic heterocycles. The number of ketones is 1. The molecule has 5 heteroatoms. The summed E-state index contributed by atoms with van der Waals surface area (Å²) in [6.45, 7) is 1.64. The SMILES string of the molecule is CCCc1ccc(C(=O)COC(=O)CNC(=O)CC23CC4CC(CC(C4)C2)C3)cc1. The average molecular weight is 412 g/mol. The summed E-state index contributed by atoms with van der Waals surface area (Å²) in [5, 5.41) is 2.72. The first-order valence-corrected chi connectivity index (χ1v) is 11.5. The summed E-state index contributed by atoms with van der Waals surface area (Å²) in [6.07, 6.45) is 10.1. The van der Waals surface area contributed by atoms with Gasteiger partial charge >= 0.3 is 5.97 Å². The van der Waals surface area contributed by atoms with E-state index in [2.05, 4.69) is 12.2 Å². The van der Waals surface area contributed by atoms with Crippen molar-refractivity contribution < 1.29 is 19.1 Å². The van der Waals surface area contributed by atoms with Gasteiger partial charge in [0.2, 0.25) is 5.91 Å². The second-order valence-electron chi connectivity index (χ2n) is 9.90. The smallest absolute Gasteiger partial charge is 0.325 e. The van der Waals surface area contributed by atoms with Crippen LogP contribution in [0.1, 0.15) is 74.2 Å². The number of amides is 1. The Balaban J connectivity index is 1.18. The molecule has 0 atom stereocenters. The molecule has 4 saturated carbocycles. The molecule has 162 valence electrons. The molecule has 0 aromatic heterocycles. The van der Waals surface area contributed by atoms with Gasteiger partial charge in [-0.3, -0.25) is 14.4 Å². The van der Waals surface area contributed by atoms with E-state index in [0.29, 0.717) is 12.0 Å². The molecule has 4 aliphatic carbocycles. The second-order valence-corrected chi connectivity index (χ2v) is 9.90. The van der Waals surface area contributed by atoms with Crippen LogP contribution >= 0.6 is 0 Å². The molecule has 4 bridgehead atoms. The van der Waals surface area contributed by atoms with Crippen molar-refractivity contribution >= 4 is 17.7 Å². The molecule has 5 rings (SSSR count). The van der Waals surface area contributed by atoms with E-state index in [1.165, 1.54) is 44.1 Å². The lowest BCUT2D eigenvalue weighted by molar-refractivity contribution is -0.143. The summed E-state index contributed by atoms with van der Waals surface area (Å²) in [4.78, 5) is 36.7. The van der Waals surface area contributed by atoms with Gasteiger partial charge in [-0.15, -0.1) is 0 Å².